The first kappa shape index (κ1) is 22.2. The third-order valence-corrected chi connectivity index (χ3v) is 6.84. The largest absolute Gasteiger partial charge is 0.350 e. The number of hydrogen-bond acceptors (Lipinski definition) is 4. The number of carbonyl (C=O) groups is 2. The van der Waals surface area contributed by atoms with Gasteiger partial charge in [-0.15, -0.1) is 0 Å². The molecule has 32 heavy (non-hydrogen) atoms. The average Bonchev–Trinajstić information content (AvgIpc) is 2.97. The second-order valence-corrected chi connectivity index (χ2v) is 9.43. The van der Waals surface area contributed by atoms with Gasteiger partial charge in [0.1, 0.15) is 10.6 Å². The molecule has 3 aromatic rings. The number of halogens is 1. The monoisotopic (exact) mass is 462 g/mol. The summed E-state index contributed by atoms with van der Waals surface area (Å²) in [5, 5.41) is 3.74. The summed E-state index contributed by atoms with van der Waals surface area (Å²) in [6.45, 7) is 7.88. The first-order valence-corrected chi connectivity index (χ1v) is 11.4. The number of amides is 2. The van der Waals surface area contributed by atoms with Crippen LogP contribution in [0.2, 0.25) is 5.02 Å². The lowest BCUT2D eigenvalue weighted by molar-refractivity contribution is -0.120. The number of aryl methyl sites for hydroxylation is 4. The zero-order valence-electron chi connectivity index (χ0n) is 18.3. The van der Waals surface area contributed by atoms with Crippen LogP contribution in [0, 0.1) is 27.7 Å². The Kier molecular flexibility index (Phi) is 6.13. The lowest BCUT2D eigenvalue weighted by Crippen LogP contribution is -2.32. The Bertz CT molecular complexity index is 1270. The predicted molar refractivity (Wildman–Crippen MR) is 132 cm³/mol. The number of hydrogen-bond donors (Lipinski definition) is 1. The Morgan fingerprint density at radius 2 is 1.47 bits per heavy atom. The highest BCUT2D eigenvalue weighted by atomic mass is 35.5. The van der Waals surface area contributed by atoms with Gasteiger partial charge in [-0.2, -0.15) is 0 Å². The van der Waals surface area contributed by atoms with Gasteiger partial charge in [0, 0.05) is 15.6 Å². The first-order chi connectivity index (χ1) is 15.2. The molecule has 0 saturated carbocycles. The molecule has 3 aromatic carbocycles. The summed E-state index contributed by atoms with van der Waals surface area (Å²) in [5.41, 5.74) is 5.64. The maximum absolute atomic E-state index is 13.5. The van der Waals surface area contributed by atoms with E-state index in [4.69, 9.17) is 11.6 Å². The summed E-state index contributed by atoms with van der Waals surface area (Å²) >= 11 is 7.57. The standard InChI is InChI=1S/C26H23ClN2O2S/c1-15-5-10-20(11-6-15)32-24-23(28-22-12-7-16(2)13-18(22)4)25(30)29(26(24)31)19-9-8-17(3)21(27)14-19/h5-14,28H,1-4H3. The number of imide groups is 1. The quantitative estimate of drug-likeness (QED) is 0.436. The van der Waals surface area contributed by atoms with E-state index in [1.165, 1.54) is 16.7 Å². The summed E-state index contributed by atoms with van der Waals surface area (Å²) in [4.78, 5) is 29.4. The number of nitrogens with zero attached hydrogens (tertiary/aromatic N) is 1. The molecule has 1 aliphatic heterocycles. The van der Waals surface area contributed by atoms with Crippen molar-refractivity contribution in [2.24, 2.45) is 0 Å². The molecule has 0 atom stereocenters. The highest BCUT2D eigenvalue weighted by molar-refractivity contribution is 8.04. The van der Waals surface area contributed by atoms with Crippen LogP contribution < -0.4 is 10.2 Å². The number of rotatable bonds is 5. The van der Waals surface area contributed by atoms with Crippen molar-refractivity contribution in [3.63, 3.8) is 0 Å². The number of nitrogens with one attached hydrogen (secondary N) is 1. The van der Waals surface area contributed by atoms with Crippen LogP contribution in [-0.4, -0.2) is 11.8 Å². The minimum absolute atomic E-state index is 0.268. The van der Waals surface area contributed by atoms with Crippen molar-refractivity contribution in [2.45, 2.75) is 32.6 Å². The second kappa shape index (κ2) is 8.85. The predicted octanol–water partition coefficient (Wildman–Crippen LogP) is 6.56. The Morgan fingerprint density at radius 1 is 0.781 bits per heavy atom. The zero-order chi connectivity index (χ0) is 23.0. The van der Waals surface area contributed by atoms with Gasteiger partial charge in [-0.3, -0.25) is 9.59 Å². The molecule has 0 spiro atoms. The van der Waals surface area contributed by atoms with Crippen molar-refractivity contribution in [3.8, 4) is 0 Å². The summed E-state index contributed by atoms with van der Waals surface area (Å²) in [6, 6.07) is 19.0. The molecule has 162 valence electrons. The van der Waals surface area contributed by atoms with Crippen LogP contribution in [0.1, 0.15) is 22.3 Å². The van der Waals surface area contributed by atoms with E-state index in [0.29, 0.717) is 15.6 Å². The lowest BCUT2D eigenvalue weighted by Gasteiger charge is -2.16. The molecule has 0 aliphatic carbocycles. The SMILES string of the molecule is Cc1ccc(SC2=C(Nc3ccc(C)cc3C)C(=O)N(c3ccc(C)c(Cl)c3)C2=O)cc1. The van der Waals surface area contributed by atoms with Gasteiger partial charge in [0.2, 0.25) is 0 Å². The van der Waals surface area contributed by atoms with Crippen molar-refractivity contribution in [2.75, 3.05) is 10.2 Å². The highest BCUT2D eigenvalue weighted by Crippen LogP contribution is 2.39. The smallest absolute Gasteiger partial charge is 0.283 e. The molecule has 0 radical (unpaired) electrons. The molecule has 0 aromatic heterocycles. The zero-order valence-corrected chi connectivity index (χ0v) is 19.9. The van der Waals surface area contributed by atoms with Gasteiger partial charge in [-0.05, 0) is 69.2 Å². The fraction of sp³-hybridized carbons (Fsp3) is 0.154. The summed E-state index contributed by atoms with van der Waals surface area (Å²) < 4.78 is 0. The van der Waals surface area contributed by atoms with Crippen LogP contribution >= 0.6 is 23.4 Å². The fourth-order valence-electron chi connectivity index (χ4n) is 3.48. The summed E-state index contributed by atoms with van der Waals surface area (Å²) in [7, 11) is 0. The molecule has 0 saturated heterocycles. The molecular weight excluding hydrogens is 440 g/mol. The fourth-order valence-corrected chi connectivity index (χ4v) is 4.58. The normalized spacial score (nSPS) is 13.8. The number of thioether (sulfide) groups is 1. The van der Waals surface area contributed by atoms with Crippen LogP contribution in [0.15, 0.2) is 76.2 Å². The Hall–Kier alpha value is -3.02. The van der Waals surface area contributed by atoms with Gasteiger partial charge in [0.25, 0.3) is 11.8 Å². The van der Waals surface area contributed by atoms with Crippen LogP contribution in [0.3, 0.4) is 0 Å². The van der Waals surface area contributed by atoms with E-state index in [1.54, 1.807) is 18.2 Å². The Morgan fingerprint density at radius 3 is 2.12 bits per heavy atom. The van der Waals surface area contributed by atoms with Crippen molar-refractivity contribution in [1.82, 2.24) is 0 Å². The van der Waals surface area contributed by atoms with Gasteiger partial charge in [-0.1, -0.05) is 64.8 Å². The van der Waals surface area contributed by atoms with Gasteiger partial charge in [-0.25, -0.2) is 4.90 Å². The molecule has 4 rings (SSSR count). The maximum Gasteiger partial charge on any atom is 0.283 e. The average molecular weight is 463 g/mol. The minimum atomic E-state index is -0.399. The van der Waals surface area contributed by atoms with Gasteiger partial charge < -0.3 is 5.32 Å². The third kappa shape index (κ3) is 4.31. The van der Waals surface area contributed by atoms with E-state index < -0.39 is 5.91 Å². The van der Waals surface area contributed by atoms with Crippen LogP contribution in [0.5, 0.6) is 0 Å². The van der Waals surface area contributed by atoms with Gasteiger partial charge >= 0.3 is 0 Å². The van der Waals surface area contributed by atoms with Gasteiger partial charge in [0.05, 0.1) is 5.69 Å². The Balaban J connectivity index is 1.77. The van der Waals surface area contributed by atoms with E-state index in [1.807, 2.05) is 70.2 Å². The molecule has 2 amide bonds. The molecule has 0 unspecified atom stereocenters. The molecule has 6 heteroatoms. The molecular formula is C26H23ClN2O2S. The highest BCUT2D eigenvalue weighted by Gasteiger charge is 2.40. The van der Waals surface area contributed by atoms with Crippen molar-refractivity contribution in [3.05, 3.63) is 98.5 Å². The number of anilines is 2. The molecule has 0 fully saturated rings. The van der Waals surface area contributed by atoms with Crippen molar-refractivity contribution >= 4 is 46.6 Å². The summed E-state index contributed by atoms with van der Waals surface area (Å²) in [6.07, 6.45) is 0. The molecule has 0 bridgehead atoms. The van der Waals surface area contributed by atoms with Crippen LogP contribution in [-0.2, 0) is 9.59 Å². The third-order valence-electron chi connectivity index (χ3n) is 5.34. The van der Waals surface area contributed by atoms with E-state index in [9.17, 15) is 9.59 Å². The first-order valence-electron chi connectivity index (χ1n) is 10.2. The van der Waals surface area contributed by atoms with Gasteiger partial charge in [0.15, 0.2) is 0 Å². The molecule has 1 heterocycles. The van der Waals surface area contributed by atoms with E-state index >= 15 is 0 Å². The summed E-state index contributed by atoms with van der Waals surface area (Å²) in [5.74, 6) is -0.766. The molecule has 4 nitrogen and oxygen atoms in total. The van der Waals surface area contributed by atoms with Crippen molar-refractivity contribution in [1.29, 1.82) is 0 Å². The second-order valence-electron chi connectivity index (χ2n) is 7.94. The number of carbonyl (C=O) groups excluding carboxylic acids is 2. The van der Waals surface area contributed by atoms with Crippen LogP contribution in [0.4, 0.5) is 11.4 Å². The van der Waals surface area contributed by atoms with E-state index in [-0.39, 0.29) is 11.6 Å². The maximum atomic E-state index is 13.5. The Labute approximate surface area is 197 Å². The molecule has 1 aliphatic rings. The topological polar surface area (TPSA) is 49.4 Å². The number of benzene rings is 3. The van der Waals surface area contributed by atoms with E-state index in [2.05, 4.69) is 5.32 Å². The lowest BCUT2D eigenvalue weighted by atomic mass is 10.1. The van der Waals surface area contributed by atoms with E-state index in [0.717, 1.165) is 32.8 Å². The minimum Gasteiger partial charge on any atom is -0.350 e. The molecule has 1 N–H and O–H groups in total. The van der Waals surface area contributed by atoms with Crippen LogP contribution in [0.25, 0.3) is 0 Å². The van der Waals surface area contributed by atoms with Crippen molar-refractivity contribution < 1.29 is 9.59 Å².